The van der Waals surface area contributed by atoms with Crippen molar-refractivity contribution >= 4 is 15.9 Å². The highest BCUT2D eigenvalue weighted by atomic mass is 79.9. The molecular weight excluding hydrogens is 290 g/mol. The Kier molecular flexibility index (Phi) is 3.50. The predicted molar refractivity (Wildman–Crippen MR) is 79.4 cm³/mol. The van der Waals surface area contributed by atoms with Gasteiger partial charge in [0.05, 0.1) is 11.6 Å². The molecule has 0 aromatic heterocycles. The molecule has 1 aliphatic rings. The van der Waals surface area contributed by atoms with Crippen LogP contribution >= 0.6 is 15.9 Å². The average molecular weight is 312 g/mol. The summed E-state index contributed by atoms with van der Waals surface area (Å²) < 4.78 is 6.60. The number of hydrogen-bond donors (Lipinski definition) is 1. The summed E-state index contributed by atoms with van der Waals surface area (Å²) in [5.74, 6) is 0.950. The Hall–Kier alpha value is -0.540. The molecule has 1 aromatic rings. The Morgan fingerprint density at radius 1 is 1.33 bits per heavy atom. The summed E-state index contributed by atoms with van der Waals surface area (Å²) in [6, 6.07) is 4.44. The van der Waals surface area contributed by atoms with Gasteiger partial charge in [0, 0.05) is 17.5 Å². The van der Waals surface area contributed by atoms with Gasteiger partial charge in [-0.05, 0) is 45.8 Å². The lowest BCUT2D eigenvalue weighted by molar-refractivity contribution is 0.400. The van der Waals surface area contributed by atoms with Crippen molar-refractivity contribution in [3.8, 4) is 5.75 Å². The molecule has 0 aliphatic heterocycles. The quantitative estimate of drug-likeness (QED) is 0.922. The fourth-order valence-corrected chi connectivity index (χ4v) is 2.98. The molecule has 0 atom stereocenters. The Morgan fingerprint density at radius 2 is 1.94 bits per heavy atom. The molecule has 0 radical (unpaired) electrons. The van der Waals surface area contributed by atoms with Crippen LogP contribution < -0.4 is 10.5 Å². The highest BCUT2D eigenvalue weighted by Gasteiger charge is 2.45. The Morgan fingerprint density at radius 3 is 2.33 bits per heavy atom. The molecule has 100 valence electrons. The van der Waals surface area contributed by atoms with Crippen LogP contribution in [0.5, 0.6) is 5.75 Å². The Labute approximate surface area is 118 Å². The molecule has 2 rings (SSSR count). The van der Waals surface area contributed by atoms with Gasteiger partial charge in [0.15, 0.2) is 0 Å². The lowest BCUT2D eigenvalue weighted by Crippen LogP contribution is -2.22. The summed E-state index contributed by atoms with van der Waals surface area (Å²) in [5, 5.41) is 0. The number of nitrogens with two attached hydrogens (primary N) is 1. The van der Waals surface area contributed by atoms with Gasteiger partial charge in [-0.15, -0.1) is 0 Å². The van der Waals surface area contributed by atoms with Crippen LogP contribution in [-0.2, 0) is 10.8 Å². The fraction of sp³-hybridized carbons (Fsp3) is 0.600. The van der Waals surface area contributed by atoms with Crippen molar-refractivity contribution in [3.05, 3.63) is 27.7 Å². The first-order chi connectivity index (χ1) is 8.34. The largest absolute Gasteiger partial charge is 0.495 e. The van der Waals surface area contributed by atoms with Gasteiger partial charge in [0.25, 0.3) is 0 Å². The van der Waals surface area contributed by atoms with Crippen molar-refractivity contribution in [1.82, 2.24) is 0 Å². The zero-order valence-corrected chi connectivity index (χ0v) is 13.2. The van der Waals surface area contributed by atoms with E-state index < -0.39 is 0 Å². The molecular formula is C15H22BrNO. The van der Waals surface area contributed by atoms with E-state index in [4.69, 9.17) is 10.5 Å². The standard InChI is InChI=1S/C15H22BrNO/c1-14(2,3)10-7-11(15(9-17)5-6-15)13(18-4)12(16)8-10/h7-8H,5-6,9,17H2,1-4H3. The summed E-state index contributed by atoms with van der Waals surface area (Å²) in [4.78, 5) is 0. The van der Waals surface area contributed by atoms with E-state index in [0.717, 1.165) is 10.2 Å². The van der Waals surface area contributed by atoms with E-state index in [1.165, 1.54) is 24.0 Å². The van der Waals surface area contributed by atoms with Gasteiger partial charge in [-0.3, -0.25) is 0 Å². The van der Waals surface area contributed by atoms with Gasteiger partial charge in [0.2, 0.25) is 0 Å². The van der Waals surface area contributed by atoms with Crippen molar-refractivity contribution in [2.75, 3.05) is 13.7 Å². The van der Waals surface area contributed by atoms with Crippen molar-refractivity contribution in [2.45, 2.75) is 44.4 Å². The first-order valence-corrected chi connectivity index (χ1v) is 7.22. The van der Waals surface area contributed by atoms with Crippen LogP contribution in [0.1, 0.15) is 44.7 Å². The van der Waals surface area contributed by atoms with Crippen LogP contribution in [0.25, 0.3) is 0 Å². The maximum atomic E-state index is 5.96. The van der Waals surface area contributed by atoms with E-state index >= 15 is 0 Å². The molecule has 2 N–H and O–H groups in total. The SMILES string of the molecule is COc1c(Br)cc(C(C)(C)C)cc1C1(CN)CC1. The molecule has 0 saturated heterocycles. The number of halogens is 1. The second kappa shape index (κ2) is 4.53. The third-order valence-corrected chi connectivity index (χ3v) is 4.52. The van der Waals surface area contributed by atoms with Gasteiger partial charge in [-0.2, -0.15) is 0 Å². The molecule has 0 unspecified atom stereocenters. The molecule has 0 bridgehead atoms. The van der Waals surface area contributed by atoms with Crippen LogP contribution in [0, 0.1) is 0 Å². The summed E-state index contributed by atoms with van der Waals surface area (Å²) >= 11 is 3.63. The van der Waals surface area contributed by atoms with Crippen molar-refractivity contribution in [2.24, 2.45) is 5.73 Å². The highest BCUT2D eigenvalue weighted by molar-refractivity contribution is 9.10. The van der Waals surface area contributed by atoms with E-state index in [1.807, 2.05) is 0 Å². The van der Waals surface area contributed by atoms with E-state index in [-0.39, 0.29) is 10.8 Å². The first kappa shape index (κ1) is 13.9. The van der Waals surface area contributed by atoms with E-state index in [0.29, 0.717) is 6.54 Å². The minimum atomic E-state index is 0.133. The van der Waals surface area contributed by atoms with Crippen LogP contribution in [0.15, 0.2) is 16.6 Å². The molecule has 0 amide bonds. The normalized spacial score (nSPS) is 17.7. The van der Waals surface area contributed by atoms with E-state index in [2.05, 4.69) is 48.8 Å². The highest BCUT2D eigenvalue weighted by Crippen LogP contribution is 2.52. The molecule has 2 nitrogen and oxygen atoms in total. The molecule has 0 heterocycles. The maximum absolute atomic E-state index is 5.96. The minimum absolute atomic E-state index is 0.133. The molecule has 18 heavy (non-hydrogen) atoms. The smallest absolute Gasteiger partial charge is 0.136 e. The summed E-state index contributed by atoms with van der Waals surface area (Å²) in [5.41, 5.74) is 8.84. The Bertz CT molecular complexity index is 458. The molecule has 1 aromatic carbocycles. The zero-order valence-electron chi connectivity index (χ0n) is 11.6. The van der Waals surface area contributed by atoms with Crippen LogP contribution in [0.2, 0.25) is 0 Å². The summed E-state index contributed by atoms with van der Waals surface area (Å²) in [6.07, 6.45) is 2.33. The maximum Gasteiger partial charge on any atom is 0.136 e. The van der Waals surface area contributed by atoms with Crippen LogP contribution in [-0.4, -0.2) is 13.7 Å². The number of hydrogen-bond acceptors (Lipinski definition) is 2. The van der Waals surface area contributed by atoms with Crippen molar-refractivity contribution in [3.63, 3.8) is 0 Å². The molecule has 1 fully saturated rings. The first-order valence-electron chi connectivity index (χ1n) is 6.42. The number of methoxy groups -OCH3 is 1. The van der Waals surface area contributed by atoms with Gasteiger partial charge in [-0.1, -0.05) is 26.8 Å². The lowest BCUT2D eigenvalue weighted by Gasteiger charge is -2.25. The number of ether oxygens (including phenoxy) is 1. The zero-order chi connectivity index (χ0) is 13.6. The third kappa shape index (κ3) is 2.30. The number of rotatable bonds is 3. The van der Waals surface area contributed by atoms with Crippen LogP contribution in [0.3, 0.4) is 0 Å². The van der Waals surface area contributed by atoms with Crippen molar-refractivity contribution < 1.29 is 4.74 Å². The summed E-state index contributed by atoms with van der Waals surface area (Å²) in [7, 11) is 1.73. The number of benzene rings is 1. The average Bonchev–Trinajstić information content (AvgIpc) is 3.07. The minimum Gasteiger partial charge on any atom is -0.495 e. The summed E-state index contributed by atoms with van der Waals surface area (Å²) in [6.45, 7) is 7.39. The van der Waals surface area contributed by atoms with Crippen molar-refractivity contribution in [1.29, 1.82) is 0 Å². The van der Waals surface area contributed by atoms with Gasteiger partial charge in [0.1, 0.15) is 5.75 Å². The second-order valence-corrected chi connectivity index (χ2v) is 7.13. The molecule has 1 saturated carbocycles. The molecule has 1 aliphatic carbocycles. The topological polar surface area (TPSA) is 35.2 Å². The van der Waals surface area contributed by atoms with Gasteiger partial charge in [-0.25, -0.2) is 0 Å². The molecule has 0 spiro atoms. The molecule has 3 heteroatoms. The van der Waals surface area contributed by atoms with Crippen LogP contribution in [0.4, 0.5) is 0 Å². The van der Waals surface area contributed by atoms with E-state index in [9.17, 15) is 0 Å². The second-order valence-electron chi connectivity index (χ2n) is 6.27. The van der Waals surface area contributed by atoms with Gasteiger partial charge < -0.3 is 10.5 Å². The van der Waals surface area contributed by atoms with Gasteiger partial charge >= 0.3 is 0 Å². The fourth-order valence-electron chi connectivity index (χ4n) is 2.36. The monoisotopic (exact) mass is 311 g/mol. The third-order valence-electron chi connectivity index (χ3n) is 3.93. The Balaban J connectivity index is 2.59. The lowest BCUT2D eigenvalue weighted by atomic mass is 9.83. The predicted octanol–water partition coefficient (Wildman–Crippen LogP) is 3.75. The van der Waals surface area contributed by atoms with E-state index in [1.54, 1.807) is 7.11 Å².